The second-order valence-corrected chi connectivity index (χ2v) is 6.10. The maximum atomic E-state index is 6.48. The first-order valence-corrected chi connectivity index (χ1v) is 8.25. The Kier molecular flexibility index (Phi) is 7.95. The van der Waals surface area contributed by atoms with Crippen molar-refractivity contribution in [2.75, 3.05) is 31.1 Å². The summed E-state index contributed by atoms with van der Waals surface area (Å²) in [6, 6.07) is 4.15. The van der Waals surface area contributed by atoms with Crippen molar-refractivity contribution in [2.24, 2.45) is 0 Å². The number of anilines is 1. The van der Waals surface area contributed by atoms with Crippen LogP contribution in [-0.4, -0.2) is 36.1 Å². The molecule has 1 aromatic carbocycles. The van der Waals surface area contributed by atoms with E-state index in [9.17, 15) is 0 Å². The van der Waals surface area contributed by atoms with Gasteiger partial charge in [-0.25, -0.2) is 4.98 Å². The summed E-state index contributed by atoms with van der Waals surface area (Å²) in [7, 11) is 0. The number of nitrogens with one attached hydrogen (secondary N) is 2. The first-order valence-electron chi connectivity index (χ1n) is 7.87. The van der Waals surface area contributed by atoms with Crippen molar-refractivity contribution in [3.05, 3.63) is 23.0 Å². The zero-order chi connectivity index (χ0) is 14.8. The predicted octanol–water partition coefficient (Wildman–Crippen LogP) is 4.37. The summed E-state index contributed by atoms with van der Waals surface area (Å²) in [5, 5.41) is 4.17. The molecule has 0 aliphatic carbocycles. The number of benzene rings is 1. The second-order valence-electron chi connectivity index (χ2n) is 5.69. The number of imidazole rings is 1. The van der Waals surface area contributed by atoms with Gasteiger partial charge in [0, 0.05) is 32.1 Å². The molecule has 0 radical (unpaired) electrons. The molecule has 0 unspecified atom stereocenters. The highest BCUT2D eigenvalue weighted by Gasteiger charge is 2.17. The summed E-state index contributed by atoms with van der Waals surface area (Å²) in [6.07, 6.45) is 2.21. The number of hydrogen-bond acceptors (Lipinski definition) is 3. The summed E-state index contributed by atoms with van der Waals surface area (Å²) in [4.78, 5) is 10.6. The molecule has 23 heavy (non-hydrogen) atoms. The van der Waals surface area contributed by atoms with Crippen molar-refractivity contribution in [2.45, 2.75) is 32.6 Å². The molecule has 3 rings (SSSR count). The molecule has 0 saturated carbocycles. The van der Waals surface area contributed by atoms with Gasteiger partial charge in [0.15, 0.2) is 0 Å². The van der Waals surface area contributed by atoms with Crippen LogP contribution in [0.1, 0.15) is 38.4 Å². The molecule has 0 amide bonds. The molecule has 1 aliphatic rings. The van der Waals surface area contributed by atoms with E-state index < -0.39 is 0 Å². The van der Waals surface area contributed by atoms with E-state index in [1.165, 1.54) is 0 Å². The van der Waals surface area contributed by atoms with Gasteiger partial charge in [0.25, 0.3) is 0 Å². The number of nitrogens with zero attached hydrogens (tertiary/aromatic N) is 2. The van der Waals surface area contributed by atoms with E-state index >= 15 is 0 Å². The summed E-state index contributed by atoms with van der Waals surface area (Å²) < 4.78 is 0. The lowest BCUT2D eigenvalue weighted by molar-refractivity contribution is 0.589. The minimum absolute atomic E-state index is 0. The third kappa shape index (κ3) is 4.24. The zero-order valence-corrected chi connectivity index (χ0v) is 16.0. The van der Waals surface area contributed by atoms with Gasteiger partial charge < -0.3 is 15.2 Å². The van der Waals surface area contributed by atoms with Gasteiger partial charge in [-0.3, -0.25) is 0 Å². The number of piperazine rings is 1. The molecule has 0 spiro atoms. The molecule has 0 atom stereocenters. The third-order valence-electron chi connectivity index (χ3n) is 4.40. The number of hydrogen-bond donors (Lipinski definition) is 2. The van der Waals surface area contributed by atoms with Gasteiger partial charge in [0.05, 0.1) is 21.7 Å². The number of aromatic nitrogens is 2. The first-order chi connectivity index (χ1) is 10.2. The summed E-state index contributed by atoms with van der Waals surface area (Å²) in [5.74, 6) is 1.59. The fraction of sp³-hybridized carbons (Fsp3) is 0.562. The van der Waals surface area contributed by atoms with E-state index in [0.29, 0.717) is 5.92 Å². The number of fused-ring (bicyclic) bond motifs is 1. The average Bonchev–Trinajstić information content (AvgIpc) is 2.91. The molecular formula is C16H25Cl3N4. The van der Waals surface area contributed by atoms with Crippen LogP contribution in [-0.2, 0) is 0 Å². The van der Waals surface area contributed by atoms with Gasteiger partial charge in [-0.15, -0.1) is 24.8 Å². The smallest absolute Gasteiger partial charge is 0.110 e. The van der Waals surface area contributed by atoms with E-state index in [1.807, 2.05) is 6.07 Å². The molecule has 7 heteroatoms. The largest absolute Gasteiger partial charge is 0.368 e. The highest BCUT2D eigenvalue weighted by molar-refractivity contribution is 6.34. The number of H-pyrrole nitrogens is 1. The molecule has 1 saturated heterocycles. The van der Waals surface area contributed by atoms with Gasteiger partial charge >= 0.3 is 0 Å². The molecule has 1 fully saturated rings. The fourth-order valence-electron chi connectivity index (χ4n) is 3.06. The van der Waals surface area contributed by atoms with Crippen molar-refractivity contribution in [1.82, 2.24) is 15.3 Å². The molecular weight excluding hydrogens is 355 g/mol. The van der Waals surface area contributed by atoms with Gasteiger partial charge in [-0.1, -0.05) is 25.4 Å². The van der Waals surface area contributed by atoms with Crippen LogP contribution in [0.3, 0.4) is 0 Å². The molecule has 2 N–H and O–H groups in total. The van der Waals surface area contributed by atoms with Crippen LogP contribution in [0.4, 0.5) is 5.69 Å². The minimum atomic E-state index is 0. The average molecular weight is 380 g/mol. The summed E-state index contributed by atoms with van der Waals surface area (Å²) in [5.41, 5.74) is 3.18. The molecule has 2 heterocycles. The maximum absolute atomic E-state index is 6.48. The lowest BCUT2D eigenvalue weighted by atomic mass is 10.0. The molecule has 1 aromatic heterocycles. The van der Waals surface area contributed by atoms with Gasteiger partial charge in [-0.2, -0.15) is 0 Å². The van der Waals surface area contributed by atoms with Crippen LogP contribution in [0, 0.1) is 0 Å². The predicted molar refractivity (Wildman–Crippen MR) is 104 cm³/mol. The van der Waals surface area contributed by atoms with Crippen molar-refractivity contribution in [3.8, 4) is 0 Å². The standard InChI is InChI=1S/C16H23ClN4.2ClH/c1-3-11(4-2)16-19-13-9-12(17)15(10-14(13)20-16)21-7-5-18-6-8-21;;/h9-11,18H,3-8H2,1-2H3,(H,19,20);2*1H. The Morgan fingerprint density at radius 2 is 1.83 bits per heavy atom. The highest BCUT2D eigenvalue weighted by atomic mass is 35.5. The molecule has 4 nitrogen and oxygen atoms in total. The molecule has 1 aliphatic heterocycles. The van der Waals surface area contributed by atoms with E-state index in [-0.39, 0.29) is 24.8 Å². The topological polar surface area (TPSA) is 44.0 Å². The van der Waals surface area contributed by atoms with Gasteiger partial charge in [0.1, 0.15) is 5.82 Å². The monoisotopic (exact) mass is 378 g/mol. The number of aromatic amines is 1. The Bertz CT molecular complexity index is 619. The van der Waals surface area contributed by atoms with Crippen LogP contribution >= 0.6 is 36.4 Å². The van der Waals surface area contributed by atoms with Gasteiger partial charge in [-0.05, 0) is 25.0 Å². The van der Waals surface area contributed by atoms with Crippen molar-refractivity contribution >= 4 is 53.1 Å². The second kappa shape index (κ2) is 8.97. The Morgan fingerprint density at radius 1 is 1.17 bits per heavy atom. The van der Waals surface area contributed by atoms with E-state index in [0.717, 1.165) is 66.6 Å². The quantitative estimate of drug-likeness (QED) is 0.829. The lowest BCUT2D eigenvalue weighted by Gasteiger charge is -2.30. The third-order valence-corrected chi connectivity index (χ3v) is 4.70. The molecule has 2 aromatic rings. The Balaban J connectivity index is 0.00000132. The SMILES string of the molecule is CCC(CC)c1nc2cc(Cl)c(N3CCNCC3)cc2[nH]1.Cl.Cl. The van der Waals surface area contributed by atoms with Crippen LogP contribution in [0.15, 0.2) is 12.1 Å². The zero-order valence-electron chi connectivity index (χ0n) is 13.6. The normalized spacial score (nSPS) is 14.7. The van der Waals surface area contributed by atoms with E-state index in [1.54, 1.807) is 0 Å². The number of rotatable bonds is 4. The van der Waals surface area contributed by atoms with E-state index in [2.05, 4.69) is 35.1 Å². The fourth-order valence-corrected chi connectivity index (χ4v) is 3.33. The van der Waals surface area contributed by atoms with Crippen LogP contribution < -0.4 is 10.2 Å². The van der Waals surface area contributed by atoms with Gasteiger partial charge in [0.2, 0.25) is 0 Å². The highest BCUT2D eigenvalue weighted by Crippen LogP contribution is 2.32. The minimum Gasteiger partial charge on any atom is -0.368 e. The Labute approximate surface area is 155 Å². The van der Waals surface area contributed by atoms with Crippen LogP contribution in [0.25, 0.3) is 11.0 Å². The molecule has 0 bridgehead atoms. The first kappa shape index (κ1) is 20.4. The van der Waals surface area contributed by atoms with Crippen molar-refractivity contribution in [3.63, 3.8) is 0 Å². The van der Waals surface area contributed by atoms with Crippen molar-refractivity contribution in [1.29, 1.82) is 0 Å². The maximum Gasteiger partial charge on any atom is 0.110 e. The number of halogens is 3. The van der Waals surface area contributed by atoms with E-state index in [4.69, 9.17) is 16.6 Å². The lowest BCUT2D eigenvalue weighted by Crippen LogP contribution is -2.43. The van der Waals surface area contributed by atoms with Crippen LogP contribution in [0.5, 0.6) is 0 Å². The summed E-state index contributed by atoms with van der Waals surface area (Å²) >= 11 is 6.48. The van der Waals surface area contributed by atoms with Crippen LogP contribution in [0.2, 0.25) is 5.02 Å². The Morgan fingerprint density at radius 3 is 2.43 bits per heavy atom. The summed E-state index contributed by atoms with van der Waals surface area (Å²) in [6.45, 7) is 8.44. The van der Waals surface area contributed by atoms with Crippen molar-refractivity contribution < 1.29 is 0 Å². The Hall–Kier alpha value is -0.680. The molecule has 130 valence electrons.